The second kappa shape index (κ2) is 4.13. The SMILES string of the molecule is CSc1nc(-c2cc(C)n(C)n2)cc(=O)[nH]1. The fourth-order valence-electron chi connectivity index (χ4n) is 1.35. The van der Waals surface area contributed by atoms with Gasteiger partial charge >= 0.3 is 0 Å². The first-order valence-electron chi connectivity index (χ1n) is 4.76. The van der Waals surface area contributed by atoms with Gasteiger partial charge in [0, 0.05) is 18.8 Å². The van der Waals surface area contributed by atoms with Gasteiger partial charge in [0.25, 0.3) is 5.56 Å². The van der Waals surface area contributed by atoms with Crippen LogP contribution in [-0.2, 0) is 7.05 Å². The maximum atomic E-state index is 11.4. The van der Waals surface area contributed by atoms with Crippen LogP contribution in [0.25, 0.3) is 11.4 Å². The van der Waals surface area contributed by atoms with Gasteiger partial charge in [-0.15, -0.1) is 0 Å². The molecule has 0 saturated carbocycles. The summed E-state index contributed by atoms with van der Waals surface area (Å²) in [5, 5.41) is 4.89. The molecular weight excluding hydrogens is 224 g/mol. The van der Waals surface area contributed by atoms with Crippen LogP contribution >= 0.6 is 11.8 Å². The van der Waals surface area contributed by atoms with Crippen molar-refractivity contribution in [1.82, 2.24) is 19.7 Å². The Morgan fingerprint density at radius 1 is 1.38 bits per heavy atom. The van der Waals surface area contributed by atoms with Crippen LogP contribution in [-0.4, -0.2) is 26.0 Å². The van der Waals surface area contributed by atoms with Crippen LogP contribution in [0.3, 0.4) is 0 Å². The van der Waals surface area contributed by atoms with Gasteiger partial charge in [-0.25, -0.2) is 4.98 Å². The Bertz CT molecular complexity index is 553. The quantitative estimate of drug-likeness (QED) is 0.628. The number of H-pyrrole nitrogens is 1. The molecule has 0 fully saturated rings. The molecule has 0 radical (unpaired) electrons. The van der Waals surface area contributed by atoms with E-state index in [-0.39, 0.29) is 5.56 Å². The zero-order valence-corrected chi connectivity index (χ0v) is 10.1. The van der Waals surface area contributed by atoms with Gasteiger partial charge in [-0.05, 0) is 19.2 Å². The predicted molar refractivity (Wildman–Crippen MR) is 63.6 cm³/mol. The Labute approximate surface area is 96.9 Å². The minimum Gasteiger partial charge on any atom is -0.301 e. The van der Waals surface area contributed by atoms with Gasteiger partial charge in [-0.1, -0.05) is 11.8 Å². The highest BCUT2D eigenvalue weighted by Crippen LogP contribution is 2.16. The second-order valence-corrected chi connectivity index (χ2v) is 4.23. The smallest absolute Gasteiger partial charge is 0.252 e. The third kappa shape index (κ3) is 2.01. The molecule has 0 saturated heterocycles. The summed E-state index contributed by atoms with van der Waals surface area (Å²) in [7, 11) is 1.86. The van der Waals surface area contributed by atoms with Gasteiger partial charge in [0.05, 0.1) is 5.69 Å². The Balaban J connectivity index is 2.55. The topological polar surface area (TPSA) is 63.6 Å². The van der Waals surface area contributed by atoms with Crippen LogP contribution in [0.15, 0.2) is 22.1 Å². The Kier molecular flexibility index (Phi) is 2.82. The number of aryl methyl sites for hydroxylation is 2. The van der Waals surface area contributed by atoms with Crippen LogP contribution in [0.1, 0.15) is 5.69 Å². The van der Waals surface area contributed by atoms with E-state index in [1.807, 2.05) is 26.3 Å². The maximum Gasteiger partial charge on any atom is 0.252 e. The first kappa shape index (κ1) is 10.9. The van der Waals surface area contributed by atoms with Crippen LogP contribution in [0.4, 0.5) is 0 Å². The van der Waals surface area contributed by atoms with Crippen LogP contribution in [0.5, 0.6) is 0 Å². The van der Waals surface area contributed by atoms with Crippen LogP contribution in [0, 0.1) is 6.92 Å². The molecule has 0 aromatic carbocycles. The standard InChI is InChI=1S/C10H12N4OS/c1-6-4-8(13-14(6)2)7-5-9(15)12-10(11-7)16-3/h4-5H,1-3H3,(H,11,12,15). The van der Waals surface area contributed by atoms with Crippen molar-refractivity contribution in [2.45, 2.75) is 12.1 Å². The number of thioether (sulfide) groups is 1. The molecule has 6 heteroatoms. The molecule has 2 aromatic heterocycles. The van der Waals surface area contributed by atoms with Crippen molar-refractivity contribution < 1.29 is 0 Å². The number of nitrogens with zero attached hydrogens (tertiary/aromatic N) is 3. The summed E-state index contributed by atoms with van der Waals surface area (Å²) in [6, 6.07) is 3.37. The van der Waals surface area contributed by atoms with Gasteiger partial charge in [0.2, 0.25) is 0 Å². The lowest BCUT2D eigenvalue weighted by molar-refractivity contribution is 0.741. The fraction of sp³-hybridized carbons (Fsp3) is 0.300. The highest BCUT2D eigenvalue weighted by molar-refractivity contribution is 7.98. The third-order valence-corrected chi connectivity index (χ3v) is 2.87. The Morgan fingerprint density at radius 2 is 2.12 bits per heavy atom. The van der Waals surface area contributed by atoms with Crippen molar-refractivity contribution in [3.8, 4) is 11.4 Å². The van der Waals surface area contributed by atoms with Gasteiger partial charge < -0.3 is 4.98 Å². The number of aromatic amines is 1. The van der Waals surface area contributed by atoms with Crippen LogP contribution < -0.4 is 5.56 Å². The highest BCUT2D eigenvalue weighted by atomic mass is 32.2. The van der Waals surface area contributed by atoms with E-state index in [0.29, 0.717) is 10.9 Å². The molecule has 0 atom stereocenters. The van der Waals surface area contributed by atoms with E-state index in [4.69, 9.17) is 0 Å². The van der Waals surface area contributed by atoms with Crippen molar-refractivity contribution in [3.63, 3.8) is 0 Å². The first-order chi connectivity index (χ1) is 7.60. The van der Waals surface area contributed by atoms with Crippen molar-refractivity contribution in [2.24, 2.45) is 7.05 Å². The molecule has 5 nitrogen and oxygen atoms in total. The maximum absolute atomic E-state index is 11.4. The van der Waals surface area contributed by atoms with Crippen molar-refractivity contribution in [2.75, 3.05) is 6.26 Å². The highest BCUT2D eigenvalue weighted by Gasteiger charge is 2.07. The first-order valence-corrected chi connectivity index (χ1v) is 5.99. The molecular formula is C10H12N4OS. The van der Waals surface area contributed by atoms with Crippen molar-refractivity contribution in [3.05, 3.63) is 28.2 Å². The number of aromatic nitrogens is 4. The van der Waals surface area contributed by atoms with E-state index in [1.165, 1.54) is 17.8 Å². The lowest BCUT2D eigenvalue weighted by Gasteiger charge is -1.98. The Morgan fingerprint density at radius 3 is 2.69 bits per heavy atom. The molecule has 2 rings (SSSR count). The zero-order chi connectivity index (χ0) is 11.7. The lowest BCUT2D eigenvalue weighted by Crippen LogP contribution is -2.08. The molecule has 0 amide bonds. The van der Waals surface area contributed by atoms with E-state index in [2.05, 4.69) is 15.1 Å². The van der Waals surface area contributed by atoms with Crippen molar-refractivity contribution >= 4 is 11.8 Å². The summed E-state index contributed by atoms with van der Waals surface area (Å²) >= 11 is 1.40. The summed E-state index contributed by atoms with van der Waals surface area (Å²) in [6.07, 6.45) is 1.87. The summed E-state index contributed by atoms with van der Waals surface area (Å²) in [5.74, 6) is 0. The van der Waals surface area contributed by atoms with Crippen molar-refractivity contribution in [1.29, 1.82) is 0 Å². The van der Waals surface area contributed by atoms with Gasteiger partial charge in [-0.2, -0.15) is 5.10 Å². The summed E-state index contributed by atoms with van der Waals surface area (Å²) < 4.78 is 1.76. The molecule has 84 valence electrons. The third-order valence-electron chi connectivity index (χ3n) is 2.29. The minimum absolute atomic E-state index is 0.155. The molecule has 0 aliphatic rings. The number of rotatable bonds is 2. The van der Waals surface area contributed by atoms with E-state index in [1.54, 1.807) is 4.68 Å². The van der Waals surface area contributed by atoms with E-state index in [0.717, 1.165) is 11.4 Å². The molecule has 2 aromatic rings. The van der Waals surface area contributed by atoms with E-state index in [9.17, 15) is 4.79 Å². The molecule has 2 heterocycles. The monoisotopic (exact) mass is 236 g/mol. The predicted octanol–water partition coefficient (Wildman–Crippen LogP) is 1.20. The van der Waals surface area contributed by atoms with E-state index >= 15 is 0 Å². The average Bonchev–Trinajstić information content (AvgIpc) is 2.58. The summed E-state index contributed by atoms with van der Waals surface area (Å²) in [5.41, 5.74) is 2.21. The van der Waals surface area contributed by atoms with Gasteiger partial charge in [-0.3, -0.25) is 9.48 Å². The number of nitrogens with one attached hydrogen (secondary N) is 1. The molecule has 16 heavy (non-hydrogen) atoms. The molecule has 0 aliphatic heterocycles. The second-order valence-electron chi connectivity index (χ2n) is 3.43. The molecule has 0 aliphatic carbocycles. The van der Waals surface area contributed by atoms with Gasteiger partial charge in [0.15, 0.2) is 5.16 Å². The normalized spacial score (nSPS) is 10.7. The average molecular weight is 236 g/mol. The minimum atomic E-state index is -0.155. The Hall–Kier alpha value is -1.56. The molecule has 0 spiro atoms. The lowest BCUT2D eigenvalue weighted by atomic mass is 10.3. The fourth-order valence-corrected chi connectivity index (χ4v) is 1.74. The summed E-state index contributed by atoms with van der Waals surface area (Å²) in [6.45, 7) is 1.96. The largest absolute Gasteiger partial charge is 0.301 e. The zero-order valence-electron chi connectivity index (χ0n) is 9.31. The summed E-state index contributed by atoms with van der Waals surface area (Å²) in [4.78, 5) is 18.4. The molecule has 1 N–H and O–H groups in total. The van der Waals surface area contributed by atoms with Crippen LogP contribution in [0.2, 0.25) is 0 Å². The molecule has 0 bridgehead atoms. The van der Waals surface area contributed by atoms with E-state index < -0.39 is 0 Å². The number of hydrogen-bond donors (Lipinski definition) is 1. The molecule has 0 unspecified atom stereocenters. The number of hydrogen-bond acceptors (Lipinski definition) is 4. The van der Waals surface area contributed by atoms with Gasteiger partial charge in [0.1, 0.15) is 5.69 Å².